The van der Waals surface area contributed by atoms with Gasteiger partial charge in [0.2, 0.25) is 17.6 Å². The number of amides is 1. The fraction of sp³-hybridized carbons (Fsp3) is 0.360. The van der Waals surface area contributed by atoms with E-state index in [4.69, 9.17) is 15.2 Å². The van der Waals surface area contributed by atoms with Crippen LogP contribution in [0.1, 0.15) is 37.0 Å². The van der Waals surface area contributed by atoms with E-state index >= 15 is 0 Å². The summed E-state index contributed by atoms with van der Waals surface area (Å²) in [5.41, 5.74) is 9.91. The zero-order valence-electron chi connectivity index (χ0n) is 19.7. The molecular weight excluding hydrogens is 430 g/mol. The molecule has 1 atom stereocenters. The molecule has 2 aromatic heterocycles. The normalized spacial score (nSPS) is 15.6. The van der Waals surface area contributed by atoms with Gasteiger partial charge in [0.1, 0.15) is 11.4 Å². The molecule has 1 fully saturated rings. The quantitative estimate of drug-likeness (QED) is 0.454. The lowest BCUT2D eigenvalue weighted by Crippen LogP contribution is -2.50. The van der Waals surface area contributed by atoms with Crippen LogP contribution < -0.4 is 11.1 Å². The maximum atomic E-state index is 13.0. The summed E-state index contributed by atoms with van der Waals surface area (Å²) in [5.74, 6) is 1.97. The molecule has 34 heavy (non-hydrogen) atoms. The first-order chi connectivity index (χ1) is 16.3. The molecule has 3 N–H and O–H groups in total. The van der Waals surface area contributed by atoms with Gasteiger partial charge in [-0.05, 0) is 61.7 Å². The van der Waals surface area contributed by atoms with Crippen LogP contribution in [0, 0.1) is 6.92 Å². The molecule has 3 heterocycles. The molecule has 2 aromatic carbocycles. The van der Waals surface area contributed by atoms with E-state index in [0.29, 0.717) is 18.3 Å². The molecule has 5 rings (SSSR count). The van der Waals surface area contributed by atoms with Gasteiger partial charge in [-0.2, -0.15) is 4.98 Å². The summed E-state index contributed by atoms with van der Waals surface area (Å²) in [7, 11) is 1.99. The highest BCUT2D eigenvalue weighted by atomic mass is 16.5. The number of likely N-dealkylation sites (tertiary alicyclic amines) is 1. The van der Waals surface area contributed by atoms with Crippen molar-refractivity contribution in [2.75, 3.05) is 18.4 Å². The number of nitrogens with two attached hydrogens (primary N) is 1. The minimum absolute atomic E-state index is 0.0263. The second-order valence-corrected chi connectivity index (χ2v) is 9.06. The number of carbonyl (C=O) groups excluding carboxylic acids is 1. The third-order valence-electron chi connectivity index (χ3n) is 6.53. The summed E-state index contributed by atoms with van der Waals surface area (Å²) in [6.45, 7) is 5.67. The SMILES string of the molecule is Cc1nc(-c2ccc(NCc3nc4cc(C(C)(N)C(=O)N5CCCC5)ccc4n3C)cc2)no1. The average molecular weight is 460 g/mol. The van der Waals surface area contributed by atoms with Crippen LogP contribution >= 0.6 is 0 Å². The lowest BCUT2D eigenvalue weighted by Gasteiger charge is -2.29. The topological polar surface area (TPSA) is 115 Å². The number of hydrogen-bond donors (Lipinski definition) is 2. The maximum Gasteiger partial charge on any atom is 0.246 e. The van der Waals surface area contributed by atoms with Gasteiger partial charge in [0.25, 0.3) is 0 Å². The number of carbonyl (C=O) groups is 1. The van der Waals surface area contributed by atoms with E-state index < -0.39 is 5.54 Å². The van der Waals surface area contributed by atoms with Crippen LogP contribution in [-0.2, 0) is 23.9 Å². The molecule has 1 aliphatic rings. The highest BCUT2D eigenvalue weighted by Gasteiger charge is 2.36. The summed E-state index contributed by atoms with van der Waals surface area (Å²) in [5, 5.41) is 7.36. The van der Waals surface area contributed by atoms with Gasteiger partial charge in [0, 0.05) is 38.3 Å². The Morgan fingerprint density at radius 2 is 1.88 bits per heavy atom. The molecule has 4 aromatic rings. The van der Waals surface area contributed by atoms with E-state index in [2.05, 4.69) is 20.0 Å². The predicted octanol–water partition coefficient (Wildman–Crippen LogP) is 3.34. The van der Waals surface area contributed by atoms with E-state index in [9.17, 15) is 4.79 Å². The number of aryl methyl sites for hydroxylation is 2. The average Bonchev–Trinajstić information content (AvgIpc) is 3.58. The van der Waals surface area contributed by atoms with Gasteiger partial charge in [-0.25, -0.2) is 4.98 Å². The van der Waals surface area contributed by atoms with Crippen LogP contribution in [0.25, 0.3) is 22.4 Å². The van der Waals surface area contributed by atoms with Crippen LogP contribution in [0.4, 0.5) is 5.69 Å². The number of aromatic nitrogens is 4. The van der Waals surface area contributed by atoms with Gasteiger partial charge in [-0.1, -0.05) is 11.2 Å². The van der Waals surface area contributed by atoms with E-state index in [1.807, 2.05) is 54.4 Å². The molecule has 1 unspecified atom stereocenters. The van der Waals surface area contributed by atoms with Crippen molar-refractivity contribution in [1.82, 2.24) is 24.6 Å². The van der Waals surface area contributed by atoms with Gasteiger partial charge in [0.05, 0.1) is 17.6 Å². The van der Waals surface area contributed by atoms with Crippen molar-refractivity contribution in [3.05, 3.63) is 59.7 Å². The Morgan fingerprint density at radius 1 is 1.15 bits per heavy atom. The minimum atomic E-state index is -1.08. The van der Waals surface area contributed by atoms with Crippen molar-refractivity contribution in [2.45, 2.75) is 38.8 Å². The summed E-state index contributed by atoms with van der Waals surface area (Å²) in [6, 6.07) is 13.7. The molecule has 0 radical (unpaired) electrons. The fourth-order valence-electron chi connectivity index (χ4n) is 4.44. The van der Waals surface area contributed by atoms with Crippen molar-refractivity contribution in [3.8, 4) is 11.4 Å². The molecule has 0 spiro atoms. The second-order valence-electron chi connectivity index (χ2n) is 9.06. The highest BCUT2D eigenvalue weighted by molar-refractivity contribution is 5.89. The van der Waals surface area contributed by atoms with Crippen molar-refractivity contribution in [2.24, 2.45) is 12.8 Å². The third-order valence-corrected chi connectivity index (χ3v) is 6.53. The van der Waals surface area contributed by atoms with E-state index in [1.165, 1.54) is 0 Å². The molecule has 1 amide bonds. The Balaban J connectivity index is 1.32. The van der Waals surface area contributed by atoms with Crippen LogP contribution in [0.3, 0.4) is 0 Å². The predicted molar refractivity (Wildman–Crippen MR) is 130 cm³/mol. The first-order valence-electron chi connectivity index (χ1n) is 11.5. The molecule has 0 saturated carbocycles. The molecule has 9 nitrogen and oxygen atoms in total. The van der Waals surface area contributed by atoms with E-state index in [0.717, 1.165) is 59.6 Å². The Labute approximate surface area is 198 Å². The molecular formula is C25H29N7O2. The van der Waals surface area contributed by atoms with Gasteiger partial charge < -0.3 is 25.0 Å². The summed E-state index contributed by atoms with van der Waals surface area (Å²) in [6.07, 6.45) is 2.08. The Bertz CT molecular complexity index is 1330. The Hall–Kier alpha value is -3.72. The number of imidazole rings is 1. The first kappa shape index (κ1) is 22.1. The van der Waals surface area contributed by atoms with Gasteiger partial charge in [-0.15, -0.1) is 0 Å². The first-order valence-corrected chi connectivity index (χ1v) is 11.5. The second kappa shape index (κ2) is 8.57. The van der Waals surface area contributed by atoms with Crippen LogP contribution in [-0.4, -0.2) is 43.6 Å². The third kappa shape index (κ3) is 4.03. The van der Waals surface area contributed by atoms with Crippen molar-refractivity contribution >= 4 is 22.6 Å². The standard InChI is InChI=1S/C25H29N7O2/c1-16-28-23(30-34-16)17-6-9-19(10-7-17)27-15-22-29-20-14-18(8-11-21(20)31(22)3)25(2,26)24(33)32-12-4-5-13-32/h6-11,14,27H,4-5,12-13,15,26H2,1-3H3. The van der Waals surface area contributed by atoms with E-state index in [-0.39, 0.29) is 5.91 Å². The van der Waals surface area contributed by atoms with Gasteiger partial charge >= 0.3 is 0 Å². The smallest absolute Gasteiger partial charge is 0.246 e. The molecule has 0 aliphatic carbocycles. The summed E-state index contributed by atoms with van der Waals surface area (Å²) < 4.78 is 7.10. The van der Waals surface area contributed by atoms with Crippen molar-refractivity contribution < 1.29 is 9.32 Å². The number of hydrogen-bond acceptors (Lipinski definition) is 7. The number of fused-ring (bicyclic) bond motifs is 1. The lowest BCUT2D eigenvalue weighted by atomic mass is 9.91. The van der Waals surface area contributed by atoms with Crippen LogP contribution in [0.2, 0.25) is 0 Å². The van der Waals surface area contributed by atoms with E-state index in [1.54, 1.807) is 13.8 Å². The molecule has 1 aliphatic heterocycles. The summed E-state index contributed by atoms with van der Waals surface area (Å²) >= 11 is 0. The largest absolute Gasteiger partial charge is 0.378 e. The summed E-state index contributed by atoms with van der Waals surface area (Å²) in [4.78, 5) is 23.9. The van der Waals surface area contributed by atoms with Gasteiger partial charge in [-0.3, -0.25) is 4.79 Å². The zero-order valence-corrected chi connectivity index (χ0v) is 19.7. The maximum absolute atomic E-state index is 13.0. The lowest BCUT2D eigenvalue weighted by molar-refractivity contribution is -0.135. The number of nitrogens with one attached hydrogen (secondary N) is 1. The van der Waals surface area contributed by atoms with Crippen molar-refractivity contribution in [3.63, 3.8) is 0 Å². The number of rotatable bonds is 6. The fourth-order valence-corrected chi connectivity index (χ4v) is 4.44. The Morgan fingerprint density at radius 3 is 2.56 bits per heavy atom. The molecule has 0 bridgehead atoms. The Kier molecular flexibility index (Phi) is 5.57. The molecule has 1 saturated heterocycles. The molecule has 9 heteroatoms. The van der Waals surface area contributed by atoms with Crippen LogP contribution in [0.5, 0.6) is 0 Å². The highest BCUT2D eigenvalue weighted by Crippen LogP contribution is 2.27. The van der Waals surface area contributed by atoms with Gasteiger partial charge in [0.15, 0.2) is 0 Å². The van der Waals surface area contributed by atoms with Crippen molar-refractivity contribution in [1.29, 1.82) is 0 Å². The number of benzene rings is 2. The zero-order chi connectivity index (χ0) is 23.9. The number of nitrogens with zero attached hydrogens (tertiary/aromatic N) is 5. The minimum Gasteiger partial charge on any atom is -0.378 e. The monoisotopic (exact) mass is 459 g/mol. The van der Waals surface area contributed by atoms with Crippen LogP contribution in [0.15, 0.2) is 47.0 Å². The molecule has 176 valence electrons. The number of anilines is 1.